The van der Waals surface area contributed by atoms with Crippen LogP contribution in [0.4, 0.5) is 0 Å². The third kappa shape index (κ3) is 1.93. The molecule has 96 valence electrons. The highest BCUT2D eigenvalue weighted by molar-refractivity contribution is 5.86. The molecule has 0 aromatic heterocycles. The van der Waals surface area contributed by atoms with E-state index in [4.69, 9.17) is 14.2 Å². The van der Waals surface area contributed by atoms with E-state index in [1.165, 1.54) is 0 Å². The number of rotatable bonds is 2. The van der Waals surface area contributed by atoms with Crippen LogP contribution in [0.3, 0.4) is 0 Å². The van der Waals surface area contributed by atoms with Gasteiger partial charge in [0.2, 0.25) is 5.79 Å². The summed E-state index contributed by atoms with van der Waals surface area (Å²) in [6, 6.07) is 7.97. The second-order valence-electron chi connectivity index (χ2n) is 5.70. The molecule has 1 aromatic carbocycles. The maximum Gasteiger partial charge on any atom is 0.216 e. The Morgan fingerprint density at radius 1 is 1.06 bits per heavy atom. The summed E-state index contributed by atoms with van der Waals surface area (Å²) in [5.41, 5.74) is 2.36. The van der Waals surface area contributed by atoms with Crippen molar-refractivity contribution in [3.63, 3.8) is 0 Å². The molecule has 3 nitrogen and oxygen atoms in total. The van der Waals surface area contributed by atoms with Gasteiger partial charge in [-0.15, -0.1) is 0 Å². The average molecular weight is 246 g/mol. The number of hydrogen-bond acceptors (Lipinski definition) is 3. The van der Waals surface area contributed by atoms with E-state index < -0.39 is 5.79 Å². The summed E-state index contributed by atoms with van der Waals surface area (Å²) < 4.78 is 16.9. The van der Waals surface area contributed by atoms with Crippen LogP contribution in [0.2, 0.25) is 0 Å². The van der Waals surface area contributed by atoms with Crippen LogP contribution in [-0.2, 0) is 9.47 Å². The van der Waals surface area contributed by atoms with Crippen LogP contribution in [0.5, 0.6) is 5.75 Å². The Kier molecular flexibility index (Phi) is 2.50. The van der Waals surface area contributed by atoms with E-state index in [0.29, 0.717) is 0 Å². The fourth-order valence-corrected chi connectivity index (χ4v) is 2.14. The van der Waals surface area contributed by atoms with Crippen molar-refractivity contribution in [2.75, 3.05) is 20.3 Å². The van der Waals surface area contributed by atoms with E-state index in [1.54, 1.807) is 7.11 Å². The second-order valence-corrected chi connectivity index (χ2v) is 5.70. The van der Waals surface area contributed by atoms with E-state index in [-0.39, 0.29) is 5.41 Å². The van der Waals surface area contributed by atoms with Crippen molar-refractivity contribution in [1.82, 2.24) is 0 Å². The van der Waals surface area contributed by atoms with Gasteiger partial charge in [-0.25, -0.2) is 0 Å². The maximum absolute atomic E-state index is 5.87. The lowest BCUT2D eigenvalue weighted by Gasteiger charge is -2.36. The zero-order valence-corrected chi connectivity index (χ0v) is 11.0. The maximum atomic E-state index is 5.87. The Morgan fingerprint density at radius 3 is 2.22 bits per heavy atom. The number of methoxy groups -OCH3 is 1. The minimum atomic E-state index is -0.551. The Morgan fingerprint density at radius 2 is 1.67 bits per heavy atom. The zero-order chi connectivity index (χ0) is 12.8. The molecule has 1 spiro atoms. The van der Waals surface area contributed by atoms with Crippen LogP contribution in [0.15, 0.2) is 30.3 Å². The first-order chi connectivity index (χ1) is 8.55. The van der Waals surface area contributed by atoms with E-state index >= 15 is 0 Å². The summed E-state index contributed by atoms with van der Waals surface area (Å²) in [4.78, 5) is 0. The number of hydrogen-bond donors (Lipinski definition) is 0. The molecule has 1 aromatic rings. The van der Waals surface area contributed by atoms with Crippen LogP contribution in [0.25, 0.3) is 5.57 Å². The van der Waals surface area contributed by atoms with Gasteiger partial charge in [0, 0.05) is 11.0 Å². The average Bonchev–Trinajstić information content (AvgIpc) is 3.09. The predicted molar refractivity (Wildman–Crippen MR) is 69.4 cm³/mol. The van der Waals surface area contributed by atoms with Crippen LogP contribution in [0, 0.1) is 5.41 Å². The molecule has 0 amide bonds. The molecule has 1 aliphatic heterocycles. The van der Waals surface area contributed by atoms with Gasteiger partial charge in [0.05, 0.1) is 20.3 Å². The summed E-state index contributed by atoms with van der Waals surface area (Å²) in [5, 5.41) is 0. The molecule has 18 heavy (non-hydrogen) atoms. The molecule has 1 fully saturated rings. The van der Waals surface area contributed by atoms with Gasteiger partial charge in [-0.1, -0.05) is 26.0 Å². The minimum absolute atomic E-state index is 0.104. The molecule has 1 aliphatic carbocycles. The molecule has 0 saturated carbocycles. The molecule has 0 N–H and O–H groups in total. The van der Waals surface area contributed by atoms with Crippen LogP contribution in [-0.4, -0.2) is 26.1 Å². The van der Waals surface area contributed by atoms with Gasteiger partial charge in [-0.3, -0.25) is 0 Å². The Hall–Kier alpha value is -1.32. The van der Waals surface area contributed by atoms with Crippen molar-refractivity contribution < 1.29 is 14.2 Å². The molecular weight excluding hydrogens is 228 g/mol. The van der Waals surface area contributed by atoms with Crippen LogP contribution >= 0.6 is 0 Å². The Labute approximate surface area is 107 Å². The highest BCUT2D eigenvalue weighted by Crippen LogP contribution is 2.50. The Balaban J connectivity index is 1.71. The smallest absolute Gasteiger partial charge is 0.216 e. The highest BCUT2D eigenvalue weighted by Gasteiger charge is 2.52. The van der Waals surface area contributed by atoms with Crippen molar-refractivity contribution in [3.8, 4) is 5.75 Å². The largest absolute Gasteiger partial charge is 0.497 e. The van der Waals surface area contributed by atoms with Crippen molar-refractivity contribution >= 4 is 5.57 Å². The van der Waals surface area contributed by atoms with Crippen molar-refractivity contribution in [2.24, 2.45) is 5.41 Å². The van der Waals surface area contributed by atoms with E-state index in [1.807, 2.05) is 30.3 Å². The SMILES string of the molecule is COc1ccc(C2=CC23OCC(C)(C)CO3)cc1. The molecular formula is C15H18O3. The fraction of sp³-hybridized carbons (Fsp3) is 0.467. The third-order valence-electron chi connectivity index (χ3n) is 3.38. The zero-order valence-electron chi connectivity index (χ0n) is 11.0. The van der Waals surface area contributed by atoms with Gasteiger partial charge in [-0.2, -0.15) is 0 Å². The lowest BCUT2D eigenvalue weighted by Crippen LogP contribution is -2.40. The fourth-order valence-electron chi connectivity index (χ4n) is 2.14. The lowest BCUT2D eigenvalue weighted by molar-refractivity contribution is -0.222. The summed E-state index contributed by atoms with van der Waals surface area (Å²) in [7, 11) is 1.67. The van der Waals surface area contributed by atoms with Crippen molar-refractivity contribution in [2.45, 2.75) is 19.6 Å². The highest BCUT2D eigenvalue weighted by atomic mass is 16.7. The first kappa shape index (κ1) is 11.8. The van der Waals surface area contributed by atoms with Gasteiger partial charge >= 0.3 is 0 Å². The number of ether oxygens (including phenoxy) is 3. The van der Waals surface area contributed by atoms with Crippen molar-refractivity contribution in [1.29, 1.82) is 0 Å². The standard InChI is InChI=1S/C15H18O3/c1-14(2)9-17-15(18-10-14)8-13(15)11-4-6-12(16-3)7-5-11/h4-8H,9-10H2,1-3H3. The van der Waals surface area contributed by atoms with Gasteiger partial charge < -0.3 is 14.2 Å². The second kappa shape index (κ2) is 3.84. The summed E-state index contributed by atoms with van der Waals surface area (Å²) in [6.45, 7) is 5.75. The van der Waals surface area contributed by atoms with Crippen LogP contribution in [0.1, 0.15) is 19.4 Å². The van der Waals surface area contributed by atoms with Gasteiger partial charge in [0.1, 0.15) is 5.75 Å². The van der Waals surface area contributed by atoms with E-state index in [2.05, 4.69) is 13.8 Å². The first-order valence-corrected chi connectivity index (χ1v) is 6.20. The molecule has 0 radical (unpaired) electrons. The molecule has 0 unspecified atom stereocenters. The monoisotopic (exact) mass is 246 g/mol. The van der Waals surface area contributed by atoms with Gasteiger partial charge in [0.15, 0.2) is 0 Å². The topological polar surface area (TPSA) is 27.7 Å². The summed E-state index contributed by atoms with van der Waals surface area (Å²) in [5.74, 6) is 0.310. The van der Waals surface area contributed by atoms with E-state index in [9.17, 15) is 0 Å². The molecule has 2 aliphatic rings. The molecule has 1 heterocycles. The lowest BCUT2D eigenvalue weighted by atomic mass is 9.95. The summed E-state index contributed by atoms with van der Waals surface area (Å²) in [6.07, 6.45) is 2.05. The summed E-state index contributed by atoms with van der Waals surface area (Å²) >= 11 is 0. The van der Waals surface area contributed by atoms with Crippen molar-refractivity contribution in [3.05, 3.63) is 35.9 Å². The Bertz CT molecular complexity index is 475. The van der Waals surface area contributed by atoms with Gasteiger partial charge in [-0.05, 0) is 23.8 Å². The molecule has 0 atom stereocenters. The molecule has 0 bridgehead atoms. The first-order valence-electron chi connectivity index (χ1n) is 6.20. The third-order valence-corrected chi connectivity index (χ3v) is 3.38. The number of benzene rings is 1. The predicted octanol–water partition coefficient (Wildman–Crippen LogP) is 2.86. The van der Waals surface area contributed by atoms with Crippen LogP contribution < -0.4 is 4.74 Å². The molecule has 1 saturated heterocycles. The minimum Gasteiger partial charge on any atom is -0.497 e. The molecule has 3 heteroatoms. The van der Waals surface area contributed by atoms with Gasteiger partial charge in [0.25, 0.3) is 0 Å². The van der Waals surface area contributed by atoms with E-state index in [0.717, 1.165) is 30.1 Å². The normalized spacial score (nSPS) is 23.6. The quantitative estimate of drug-likeness (QED) is 0.803. The molecule has 3 rings (SSSR count).